The molecule has 0 spiro atoms. The van der Waals surface area contributed by atoms with Crippen LogP contribution in [0, 0.1) is 0 Å². The molecular weight excluding hydrogens is 216 g/mol. The highest BCUT2D eigenvalue weighted by Crippen LogP contribution is 2.27. The van der Waals surface area contributed by atoms with Crippen molar-refractivity contribution in [1.82, 2.24) is 9.80 Å². The number of carbonyl (C=O) groups is 1. The normalized spacial score (nSPS) is 33.1. The lowest BCUT2D eigenvalue weighted by Crippen LogP contribution is -2.58. The van der Waals surface area contributed by atoms with Gasteiger partial charge in [-0.05, 0) is 26.8 Å². The first kappa shape index (κ1) is 12.8. The van der Waals surface area contributed by atoms with Crippen molar-refractivity contribution in [3.05, 3.63) is 0 Å². The van der Waals surface area contributed by atoms with E-state index in [9.17, 15) is 4.79 Å². The van der Waals surface area contributed by atoms with Gasteiger partial charge in [-0.25, -0.2) is 0 Å². The van der Waals surface area contributed by atoms with Gasteiger partial charge in [0.25, 0.3) is 0 Å². The van der Waals surface area contributed by atoms with Crippen LogP contribution in [0.2, 0.25) is 0 Å². The zero-order valence-corrected chi connectivity index (χ0v) is 10.9. The zero-order chi connectivity index (χ0) is 12.4. The van der Waals surface area contributed by atoms with Crippen molar-refractivity contribution in [2.24, 2.45) is 0 Å². The van der Waals surface area contributed by atoms with E-state index in [0.29, 0.717) is 12.1 Å². The molecule has 2 aliphatic rings. The lowest BCUT2D eigenvalue weighted by molar-refractivity contribution is -0.139. The fourth-order valence-electron chi connectivity index (χ4n) is 3.28. The Hall–Kier alpha value is -0.610. The number of hydrogen-bond donors (Lipinski definition) is 1. The first-order chi connectivity index (χ1) is 8.08. The first-order valence-electron chi connectivity index (χ1n) is 6.75. The first-order valence-corrected chi connectivity index (χ1v) is 6.75. The molecule has 0 aromatic carbocycles. The quantitative estimate of drug-likeness (QED) is 0.810. The number of rotatable bonds is 3. The van der Waals surface area contributed by atoms with E-state index in [4.69, 9.17) is 5.11 Å². The van der Waals surface area contributed by atoms with Gasteiger partial charge >= 0.3 is 5.97 Å². The Morgan fingerprint density at radius 3 is 2.53 bits per heavy atom. The number of carboxylic acid groups (broad SMARTS) is 1. The Kier molecular flexibility index (Phi) is 4.05. The van der Waals surface area contributed by atoms with Crippen molar-refractivity contribution >= 4 is 5.97 Å². The highest BCUT2D eigenvalue weighted by atomic mass is 16.4. The maximum absolute atomic E-state index is 10.9. The molecule has 2 unspecified atom stereocenters. The smallest absolute Gasteiger partial charge is 0.304 e. The van der Waals surface area contributed by atoms with Crippen LogP contribution in [0.3, 0.4) is 0 Å². The second-order valence-corrected chi connectivity index (χ2v) is 5.66. The molecule has 2 fully saturated rings. The minimum absolute atomic E-state index is 0.178. The summed E-state index contributed by atoms with van der Waals surface area (Å²) < 4.78 is 0. The molecule has 2 atom stereocenters. The molecular formula is C13H24N2O2. The minimum Gasteiger partial charge on any atom is -0.481 e. The van der Waals surface area contributed by atoms with Gasteiger partial charge in [-0.3, -0.25) is 14.6 Å². The van der Waals surface area contributed by atoms with Crippen LogP contribution < -0.4 is 0 Å². The SMILES string of the molecule is CC1CN(C2CCCC2)CC(CC(=O)O)N1C. The van der Waals surface area contributed by atoms with E-state index in [2.05, 4.69) is 23.8 Å². The summed E-state index contributed by atoms with van der Waals surface area (Å²) in [5.41, 5.74) is 0. The predicted octanol–water partition coefficient (Wildman–Crippen LogP) is 1.41. The fraction of sp³-hybridized carbons (Fsp3) is 0.923. The molecule has 0 aromatic rings. The van der Waals surface area contributed by atoms with E-state index in [1.54, 1.807) is 0 Å². The maximum Gasteiger partial charge on any atom is 0.304 e. The largest absolute Gasteiger partial charge is 0.481 e. The van der Waals surface area contributed by atoms with Crippen LogP contribution in [0.25, 0.3) is 0 Å². The van der Waals surface area contributed by atoms with E-state index in [-0.39, 0.29) is 12.5 Å². The van der Waals surface area contributed by atoms with Gasteiger partial charge in [0, 0.05) is 31.2 Å². The second kappa shape index (κ2) is 5.36. The maximum atomic E-state index is 10.9. The van der Waals surface area contributed by atoms with Gasteiger partial charge in [0.1, 0.15) is 0 Å². The van der Waals surface area contributed by atoms with Gasteiger partial charge in [0.05, 0.1) is 6.42 Å². The Labute approximate surface area is 104 Å². The van der Waals surface area contributed by atoms with Crippen LogP contribution in [0.1, 0.15) is 39.0 Å². The van der Waals surface area contributed by atoms with Gasteiger partial charge in [-0.1, -0.05) is 12.8 Å². The van der Waals surface area contributed by atoms with Crippen molar-refractivity contribution in [1.29, 1.82) is 0 Å². The molecule has 1 aliphatic carbocycles. The molecule has 2 rings (SSSR count). The van der Waals surface area contributed by atoms with Crippen molar-refractivity contribution in [2.45, 2.75) is 57.2 Å². The molecule has 1 heterocycles. The van der Waals surface area contributed by atoms with Crippen molar-refractivity contribution in [2.75, 3.05) is 20.1 Å². The van der Waals surface area contributed by atoms with Gasteiger partial charge in [-0.15, -0.1) is 0 Å². The zero-order valence-electron chi connectivity index (χ0n) is 10.9. The third-order valence-corrected chi connectivity index (χ3v) is 4.47. The lowest BCUT2D eigenvalue weighted by atomic mass is 10.0. The topological polar surface area (TPSA) is 43.8 Å². The average molecular weight is 240 g/mol. The van der Waals surface area contributed by atoms with Gasteiger partial charge < -0.3 is 5.11 Å². The Morgan fingerprint density at radius 1 is 1.29 bits per heavy atom. The number of nitrogens with zero attached hydrogens (tertiary/aromatic N) is 2. The third kappa shape index (κ3) is 2.99. The molecule has 4 heteroatoms. The van der Waals surface area contributed by atoms with Crippen LogP contribution >= 0.6 is 0 Å². The second-order valence-electron chi connectivity index (χ2n) is 5.66. The summed E-state index contributed by atoms with van der Waals surface area (Å²) in [5, 5.41) is 8.98. The van der Waals surface area contributed by atoms with Gasteiger partial charge in [0.2, 0.25) is 0 Å². The summed E-state index contributed by atoms with van der Waals surface area (Å²) in [6.07, 6.45) is 5.56. The summed E-state index contributed by atoms with van der Waals surface area (Å²) in [4.78, 5) is 15.7. The Morgan fingerprint density at radius 2 is 1.94 bits per heavy atom. The number of hydrogen-bond acceptors (Lipinski definition) is 3. The Bertz CT molecular complexity index is 277. The number of piperazine rings is 1. The molecule has 4 nitrogen and oxygen atoms in total. The van der Waals surface area contributed by atoms with Crippen LogP contribution in [0.15, 0.2) is 0 Å². The van der Waals surface area contributed by atoms with Gasteiger partial charge in [0.15, 0.2) is 0 Å². The van der Waals surface area contributed by atoms with Crippen molar-refractivity contribution in [3.8, 4) is 0 Å². The molecule has 1 N–H and O–H groups in total. The van der Waals surface area contributed by atoms with E-state index in [0.717, 1.165) is 13.1 Å². The third-order valence-electron chi connectivity index (χ3n) is 4.47. The van der Waals surface area contributed by atoms with Crippen LogP contribution in [-0.4, -0.2) is 59.1 Å². The van der Waals surface area contributed by atoms with Crippen LogP contribution in [-0.2, 0) is 4.79 Å². The summed E-state index contributed by atoms with van der Waals surface area (Å²) in [7, 11) is 2.06. The molecule has 17 heavy (non-hydrogen) atoms. The van der Waals surface area contributed by atoms with Crippen molar-refractivity contribution in [3.63, 3.8) is 0 Å². The number of aliphatic carboxylic acids is 1. The van der Waals surface area contributed by atoms with E-state index in [1.807, 2.05) is 0 Å². The molecule has 1 saturated carbocycles. The van der Waals surface area contributed by atoms with Gasteiger partial charge in [-0.2, -0.15) is 0 Å². The van der Waals surface area contributed by atoms with E-state index >= 15 is 0 Å². The monoisotopic (exact) mass is 240 g/mol. The summed E-state index contributed by atoms with van der Waals surface area (Å²) >= 11 is 0. The van der Waals surface area contributed by atoms with Crippen LogP contribution in [0.5, 0.6) is 0 Å². The average Bonchev–Trinajstić information content (AvgIpc) is 2.77. The lowest BCUT2D eigenvalue weighted by Gasteiger charge is -2.45. The highest BCUT2D eigenvalue weighted by molar-refractivity contribution is 5.67. The van der Waals surface area contributed by atoms with Crippen LogP contribution in [0.4, 0.5) is 0 Å². The molecule has 1 aliphatic heterocycles. The summed E-state index contributed by atoms with van der Waals surface area (Å²) in [6.45, 7) is 4.23. The van der Waals surface area contributed by atoms with E-state index in [1.165, 1.54) is 25.7 Å². The molecule has 0 aromatic heterocycles. The molecule has 0 bridgehead atoms. The van der Waals surface area contributed by atoms with Crippen molar-refractivity contribution < 1.29 is 9.90 Å². The molecule has 98 valence electrons. The Balaban J connectivity index is 1.98. The summed E-state index contributed by atoms with van der Waals surface area (Å²) in [5.74, 6) is -0.678. The highest BCUT2D eigenvalue weighted by Gasteiger charge is 2.34. The minimum atomic E-state index is -0.678. The molecule has 0 amide bonds. The standard InChI is InChI=1S/C13H24N2O2/c1-10-8-15(11-5-3-4-6-11)9-12(14(10)2)7-13(16)17/h10-12H,3-9H2,1-2H3,(H,16,17). The van der Waals surface area contributed by atoms with E-state index < -0.39 is 5.97 Å². The fourth-order valence-corrected chi connectivity index (χ4v) is 3.28. The molecule has 0 radical (unpaired) electrons. The number of carboxylic acids is 1. The summed E-state index contributed by atoms with van der Waals surface area (Å²) in [6, 6.07) is 1.35. The molecule has 1 saturated heterocycles. The number of likely N-dealkylation sites (N-methyl/N-ethyl adjacent to an activating group) is 1. The predicted molar refractivity (Wildman–Crippen MR) is 67.1 cm³/mol.